The van der Waals surface area contributed by atoms with Crippen molar-refractivity contribution in [2.24, 2.45) is 5.92 Å². The standard InChI is InChI=1S/C19H26Cl2N2O5S/c1-12(2)10-22-29(26,27)17-8-14(15(20)9-16(17)21)19(25)28-11-18(24)23-7-5-4-6-13(23)3/h8-9,12-13,22H,4-7,10-11H2,1-3H3. The van der Waals surface area contributed by atoms with Crippen molar-refractivity contribution in [2.75, 3.05) is 19.7 Å². The third-order valence-electron chi connectivity index (χ3n) is 4.66. The summed E-state index contributed by atoms with van der Waals surface area (Å²) in [6, 6.07) is 2.35. The van der Waals surface area contributed by atoms with E-state index in [-0.39, 0.29) is 44.9 Å². The van der Waals surface area contributed by atoms with Crippen LogP contribution in [0.2, 0.25) is 10.0 Å². The Balaban J connectivity index is 2.14. The van der Waals surface area contributed by atoms with E-state index in [4.69, 9.17) is 27.9 Å². The molecule has 1 heterocycles. The number of rotatable bonds is 7. The minimum Gasteiger partial charge on any atom is -0.452 e. The van der Waals surface area contributed by atoms with Gasteiger partial charge in [-0.1, -0.05) is 37.0 Å². The van der Waals surface area contributed by atoms with Crippen LogP contribution < -0.4 is 4.72 Å². The maximum atomic E-state index is 12.5. The van der Waals surface area contributed by atoms with Gasteiger partial charge in [0.15, 0.2) is 6.61 Å². The second-order valence-electron chi connectivity index (χ2n) is 7.52. The molecular formula is C19H26Cl2N2O5S. The number of ether oxygens (including phenoxy) is 1. The smallest absolute Gasteiger partial charge is 0.340 e. The number of carbonyl (C=O) groups excluding carboxylic acids is 2. The summed E-state index contributed by atoms with van der Waals surface area (Å²) >= 11 is 12.1. The van der Waals surface area contributed by atoms with E-state index in [1.165, 1.54) is 6.07 Å². The molecule has 0 bridgehead atoms. The van der Waals surface area contributed by atoms with Crippen molar-refractivity contribution in [3.05, 3.63) is 27.7 Å². The summed E-state index contributed by atoms with van der Waals surface area (Å²) in [5.74, 6) is -1.09. The predicted molar refractivity (Wildman–Crippen MR) is 112 cm³/mol. The zero-order chi connectivity index (χ0) is 21.8. The Hall–Kier alpha value is -1.35. The summed E-state index contributed by atoms with van der Waals surface area (Å²) in [7, 11) is -3.94. The molecule has 2 rings (SSSR count). The van der Waals surface area contributed by atoms with Gasteiger partial charge in [0.05, 0.1) is 15.6 Å². The Bertz CT molecular complexity index is 874. The second kappa shape index (κ2) is 10.1. The quantitative estimate of drug-likeness (QED) is 0.623. The fourth-order valence-corrected chi connectivity index (χ4v) is 5.06. The van der Waals surface area contributed by atoms with E-state index in [9.17, 15) is 18.0 Å². The normalized spacial score (nSPS) is 17.4. The maximum absolute atomic E-state index is 12.5. The lowest BCUT2D eigenvalue weighted by molar-refractivity contribution is -0.137. The van der Waals surface area contributed by atoms with Crippen molar-refractivity contribution in [1.29, 1.82) is 0 Å². The van der Waals surface area contributed by atoms with Crippen LogP contribution in [-0.4, -0.2) is 50.9 Å². The lowest BCUT2D eigenvalue weighted by atomic mass is 10.0. The zero-order valence-corrected chi connectivity index (χ0v) is 19.0. The molecule has 1 fully saturated rings. The van der Waals surface area contributed by atoms with Crippen LogP contribution >= 0.6 is 23.2 Å². The number of halogens is 2. The summed E-state index contributed by atoms with van der Waals surface area (Å²) in [6.07, 6.45) is 2.89. The van der Waals surface area contributed by atoms with Gasteiger partial charge in [0.25, 0.3) is 5.91 Å². The molecule has 1 unspecified atom stereocenters. The fourth-order valence-electron chi connectivity index (χ4n) is 3.00. The highest BCUT2D eigenvalue weighted by atomic mass is 35.5. The molecule has 10 heteroatoms. The number of likely N-dealkylation sites (tertiary alicyclic amines) is 1. The van der Waals surface area contributed by atoms with Crippen LogP contribution in [-0.2, 0) is 19.6 Å². The molecule has 1 aromatic carbocycles. The number of esters is 1. The SMILES string of the molecule is CC(C)CNS(=O)(=O)c1cc(C(=O)OCC(=O)N2CCCCC2C)c(Cl)cc1Cl. The number of amides is 1. The Morgan fingerprint density at radius 2 is 1.93 bits per heavy atom. The Morgan fingerprint density at radius 3 is 2.55 bits per heavy atom. The maximum Gasteiger partial charge on any atom is 0.340 e. The summed E-state index contributed by atoms with van der Waals surface area (Å²) < 4.78 is 32.5. The first kappa shape index (κ1) is 23.9. The molecule has 0 saturated carbocycles. The summed E-state index contributed by atoms with van der Waals surface area (Å²) in [5.41, 5.74) is -0.166. The number of nitrogens with zero attached hydrogens (tertiary/aromatic N) is 1. The average molecular weight is 465 g/mol. The van der Waals surface area contributed by atoms with Gasteiger partial charge in [0.1, 0.15) is 4.90 Å². The summed E-state index contributed by atoms with van der Waals surface area (Å²) in [6.45, 7) is 6.07. The van der Waals surface area contributed by atoms with E-state index in [0.717, 1.165) is 25.3 Å². The van der Waals surface area contributed by atoms with Crippen LogP contribution in [0.25, 0.3) is 0 Å². The first-order valence-electron chi connectivity index (χ1n) is 9.48. The van der Waals surface area contributed by atoms with E-state index in [2.05, 4.69) is 4.72 Å². The highest BCUT2D eigenvalue weighted by Crippen LogP contribution is 2.29. The van der Waals surface area contributed by atoms with Crippen LogP contribution in [0.4, 0.5) is 0 Å². The molecular weight excluding hydrogens is 439 g/mol. The molecule has 7 nitrogen and oxygen atoms in total. The minimum atomic E-state index is -3.94. The summed E-state index contributed by atoms with van der Waals surface area (Å²) in [5, 5.41) is -0.164. The molecule has 0 radical (unpaired) electrons. The number of carbonyl (C=O) groups is 2. The highest BCUT2D eigenvalue weighted by molar-refractivity contribution is 7.89. The van der Waals surface area contributed by atoms with E-state index >= 15 is 0 Å². The van der Waals surface area contributed by atoms with Crippen molar-refractivity contribution >= 4 is 45.1 Å². The number of benzene rings is 1. The van der Waals surface area contributed by atoms with Crippen LogP contribution in [0.15, 0.2) is 17.0 Å². The van der Waals surface area contributed by atoms with E-state index in [0.29, 0.717) is 6.54 Å². The van der Waals surface area contributed by atoms with Crippen molar-refractivity contribution in [1.82, 2.24) is 9.62 Å². The van der Waals surface area contributed by atoms with Gasteiger partial charge in [0.2, 0.25) is 10.0 Å². The Kier molecular flexibility index (Phi) is 8.34. The number of piperidine rings is 1. The van der Waals surface area contributed by atoms with Gasteiger partial charge in [-0.2, -0.15) is 0 Å². The monoisotopic (exact) mass is 464 g/mol. The molecule has 1 saturated heterocycles. The first-order chi connectivity index (χ1) is 13.5. The molecule has 162 valence electrons. The number of hydrogen-bond donors (Lipinski definition) is 1. The first-order valence-corrected chi connectivity index (χ1v) is 11.7. The molecule has 1 atom stereocenters. The third-order valence-corrected chi connectivity index (χ3v) is 6.86. The van der Waals surface area contributed by atoms with E-state index in [1.54, 1.807) is 4.90 Å². The molecule has 1 aliphatic heterocycles. The van der Waals surface area contributed by atoms with Gasteiger partial charge in [0, 0.05) is 19.1 Å². The van der Waals surface area contributed by atoms with Crippen LogP contribution in [0.3, 0.4) is 0 Å². The number of hydrogen-bond acceptors (Lipinski definition) is 5. The number of sulfonamides is 1. The number of nitrogens with one attached hydrogen (secondary N) is 1. The topological polar surface area (TPSA) is 92.8 Å². The van der Waals surface area contributed by atoms with Crippen molar-refractivity contribution in [3.8, 4) is 0 Å². The van der Waals surface area contributed by atoms with Crippen LogP contribution in [0.5, 0.6) is 0 Å². The molecule has 1 aromatic rings. The van der Waals surface area contributed by atoms with Gasteiger partial charge in [-0.15, -0.1) is 0 Å². The Labute approximate surface area is 181 Å². The van der Waals surface area contributed by atoms with Gasteiger partial charge >= 0.3 is 5.97 Å². The van der Waals surface area contributed by atoms with Gasteiger partial charge in [-0.25, -0.2) is 17.9 Å². The van der Waals surface area contributed by atoms with Crippen molar-refractivity contribution in [3.63, 3.8) is 0 Å². The molecule has 0 aliphatic carbocycles. The zero-order valence-electron chi connectivity index (χ0n) is 16.7. The fraction of sp³-hybridized carbons (Fsp3) is 0.579. The van der Waals surface area contributed by atoms with Crippen molar-refractivity contribution < 1.29 is 22.7 Å². The molecule has 1 amide bonds. The van der Waals surface area contributed by atoms with Crippen LogP contribution in [0, 0.1) is 5.92 Å². The predicted octanol–water partition coefficient (Wildman–Crippen LogP) is 3.49. The van der Waals surface area contributed by atoms with Crippen molar-refractivity contribution in [2.45, 2.75) is 51.0 Å². The van der Waals surface area contributed by atoms with E-state index in [1.807, 2.05) is 20.8 Å². The molecule has 0 aromatic heterocycles. The van der Waals surface area contributed by atoms with Crippen LogP contribution in [0.1, 0.15) is 50.4 Å². The highest BCUT2D eigenvalue weighted by Gasteiger charge is 2.26. The largest absolute Gasteiger partial charge is 0.452 e. The second-order valence-corrected chi connectivity index (χ2v) is 10.1. The molecule has 1 aliphatic rings. The van der Waals surface area contributed by atoms with Gasteiger partial charge in [-0.3, -0.25) is 4.79 Å². The summed E-state index contributed by atoms with van der Waals surface area (Å²) in [4.78, 5) is 26.2. The lowest BCUT2D eigenvalue weighted by Crippen LogP contribution is -2.44. The van der Waals surface area contributed by atoms with Gasteiger partial charge < -0.3 is 9.64 Å². The molecule has 0 spiro atoms. The lowest BCUT2D eigenvalue weighted by Gasteiger charge is -2.33. The average Bonchev–Trinajstić information content (AvgIpc) is 2.64. The third kappa shape index (κ3) is 6.31. The molecule has 29 heavy (non-hydrogen) atoms. The van der Waals surface area contributed by atoms with Gasteiger partial charge in [-0.05, 0) is 44.2 Å². The van der Waals surface area contributed by atoms with E-state index < -0.39 is 22.6 Å². The minimum absolute atomic E-state index is 0.0541. The Morgan fingerprint density at radius 1 is 1.24 bits per heavy atom. The molecule has 1 N–H and O–H groups in total.